The fourth-order valence-corrected chi connectivity index (χ4v) is 5.99. The average Bonchev–Trinajstić information content (AvgIpc) is 3.39. The normalized spacial score (nSPS) is 20.9. The molecule has 7 nitrogen and oxygen atoms in total. The van der Waals surface area contributed by atoms with Crippen LogP contribution in [0.4, 0.5) is 0 Å². The van der Waals surface area contributed by atoms with Gasteiger partial charge in [-0.05, 0) is 61.4 Å². The van der Waals surface area contributed by atoms with Crippen LogP contribution in [-0.4, -0.2) is 50.6 Å². The number of hydrogen-bond donors (Lipinski definition) is 0. The first kappa shape index (κ1) is 20.9. The summed E-state index contributed by atoms with van der Waals surface area (Å²) < 4.78 is 34.0. The Morgan fingerprint density at radius 1 is 1.06 bits per heavy atom. The molecule has 0 bridgehead atoms. The largest absolute Gasteiger partial charge is 0.457 e. The SMILES string of the molecule is O=C(COC(=O)C1CCCN(C2=NS(=O)(=O)c3ccccc32)C1)c1ccc2c(c1)CCC2. The van der Waals surface area contributed by atoms with Crippen molar-refractivity contribution in [1.82, 2.24) is 4.90 Å². The summed E-state index contributed by atoms with van der Waals surface area (Å²) in [7, 11) is -3.71. The molecule has 0 spiro atoms. The highest BCUT2D eigenvalue weighted by atomic mass is 32.2. The smallest absolute Gasteiger partial charge is 0.311 e. The Labute approximate surface area is 187 Å². The molecule has 2 heterocycles. The highest BCUT2D eigenvalue weighted by Crippen LogP contribution is 2.30. The number of aryl methyl sites for hydroxylation is 2. The number of esters is 1. The Morgan fingerprint density at radius 2 is 1.88 bits per heavy atom. The van der Waals surface area contributed by atoms with E-state index < -0.39 is 21.9 Å². The highest BCUT2D eigenvalue weighted by Gasteiger charge is 2.35. The molecule has 1 unspecified atom stereocenters. The molecular weight excluding hydrogens is 428 g/mol. The molecule has 3 aliphatic rings. The predicted octanol–water partition coefficient (Wildman–Crippen LogP) is 2.76. The second kappa shape index (κ2) is 8.16. The number of benzene rings is 2. The molecule has 0 amide bonds. The van der Waals surface area contributed by atoms with Crippen LogP contribution in [-0.2, 0) is 32.4 Å². The van der Waals surface area contributed by atoms with Gasteiger partial charge in [-0.1, -0.05) is 24.3 Å². The Hall–Kier alpha value is -3.00. The van der Waals surface area contributed by atoms with E-state index in [2.05, 4.69) is 4.40 Å². The molecular formula is C24H24N2O5S. The van der Waals surface area contributed by atoms with Gasteiger partial charge in [-0.25, -0.2) is 0 Å². The number of Topliss-reactive ketones (excluding diaryl/α,β-unsaturated/α-hetero) is 1. The van der Waals surface area contributed by atoms with Gasteiger partial charge >= 0.3 is 5.97 Å². The summed E-state index contributed by atoms with van der Waals surface area (Å²) in [5, 5.41) is 0. The summed E-state index contributed by atoms with van der Waals surface area (Å²) in [4.78, 5) is 27.3. The number of ketones is 1. The van der Waals surface area contributed by atoms with Gasteiger partial charge in [0, 0.05) is 24.2 Å². The third kappa shape index (κ3) is 3.83. The molecule has 5 rings (SSSR count). The molecule has 32 heavy (non-hydrogen) atoms. The molecule has 2 aromatic rings. The second-order valence-corrected chi connectivity index (χ2v) is 10.1. The number of nitrogens with zero attached hydrogens (tertiary/aromatic N) is 2. The molecule has 166 valence electrons. The minimum absolute atomic E-state index is 0.194. The van der Waals surface area contributed by atoms with Crippen LogP contribution in [0.15, 0.2) is 51.8 Å². The molecule has 0 aromatic heterocycles. The number of carbonyl (C=O) groups is 2. The quantitative estimate of drug-likeness (QED) is 0.523. The maximum atomic E-state index is 12.7. The molecule has 1 saturated heterocycles. The first-order valence-electron chi connectivity index (χ1n) is 10.9. The lowest BCUT2D eigenvalue weighted by molar-refractivity contribution is -0.148. The minimum atomic E-state index is -3.71. The van der Waals surface area contributed by atoms with Crippen molar-refractivity contribution in [3.05, 3.63) is 64.7 Å². The van der Waals surface area contributed by atoms with E-state index in [1.54, 1.807) is 30.3 Å². The Kier molecular flexibility index (Phi) is 5.33. The number of rotatable bonds is 4. The number of likely N-dealkylation sites (tertiary alicyclic amines) is 1. The minimum Gasteiger partial charge on any atom is -0.457 e. The van der Waals surface area contributed by atoms with Crippen molar-refractivity contribution in [2.75, 3.05) is 19.7 Å². The lowest BCUT2D eigenvalue weighted by Gasteiger charge is -2.32. The number of sulfonamides is 1. The number of piperidine rings is 1. The number of hydrogen-bond acceptors (Lipinski definition) is 6. The monoisotopic (exact) mass is 452 g/mol. The molecule has 0 saturated carbocycles. The summed E-state index contributed by atoms with van der Waals surface area (Å²) in [6, 6.07) is 12.4. The standard InChI is InChI=1S/C24H24N2O5S/c27-21(18-11-10-16-5-3-6-17(16)13-18)15-31-24(28)19-7-4-12-26(14-19)23-20-8-1-2-9-22(20)32(29,30)25-23/h1-2,8-11,13,19H,3-7,12,14-15H2. The van der Waals surface area contributed by atoms with E-state index in [9.17, 15) is 18.0 Å². The van der Waals surface area contributed by atoms with Gasteiger partial charge in [0.15, 0.2) is 18.2 Å². The maximum absolute atomic E-state index is 12.7. The van der Waals surface area contributed by atoms with Crippen LogP contribution in [0.3, 0.4) is 0 Å². The van der Waals surface area contributed by atoms with E-state index in [0.717, 1.165) is 19.3 Å². The molecule has 2 aliphatic heterocycles. The summed E-state index contributed by atoms with van der Waals surface area (Å²) in [6.07, 6.45) is 4.48. The van der Waals surface area contributed by atoms with Crippen molar-refractivity contribution in [1.29, 1.82) is 0 Å². The third-order valence-corrected chi connectivity index (χ3v) is 7.76. The summed E-state index contributed by atoms with van der Waals surface area (Å²) in [5.41, 5.74) is 3.64. The van der Waals surface area contributed by atoms with Gasteiger partial charge in [-0.15, -0.1) is 4.40 Å². The third-order valence-electron chi connectivity index (χ3n) is 6.43. The van der Waals surface area contributed by atoms with Crippen LogP contribution in [0.5, 0.6) is 0 Å². The Morgan fingerprint density at radius 3 is 2.75 bits per heavy atom. The zero-order valence-corrected chi connectivity index (χ0v) is 18.4. The summed E-state index contributed by atoms with van der Waals surface area (Å²) in [6.45, 7) is 0.640. The van der Waals surface area contributed by atoms with Crippen LogP contribution in [0.2, 0.25) is 0 Å². The van der Waals surface area contributed by atoms with E-state index in [4.69, 9.17) is 4.74 Å². The fourth-order valence-electron chi connectivity index (χ4n) is 4.76. The average molecular weight is 453 g/mol. The first-order valence-corrected chi connectivity index (χ1v) is 12.4. The van der Waals surface area contributed by atoms with Crippen molar-refractivity contribution < 1.29 is 22.7 Å². The van der Waals surface area contributed by atoms with Crippen molar-refractivity contribution in [3.63, 3.8) is 0 Å². The Bertz CT molecular complexity index is 1230. The zero-order chi connectivity index (χ0) is 22.3. The zero-order valence-electron chi connectivity index (χ0n) is 17.6. The predicted molar refractivity (Wildman–Crippen MR) is 118 cm³/mol. The summed E-state index contributed by atoms with van der Waals surface area (Å²) >= 11 is 0. The summed E-state index contributed by atoms with van der Waals surface area (Å²) in [5.74, 6) is -0.693. The van der Waals surface area contributed by atoms with Gasteiger partial charge < -0.3 is 9.64 Å². The molecule has 8 heteroatoms. The molecule has 1 atom stereocenters. The fraction of sp³-hybridized carbons (Fsp3) is 0.375. The van der Waals surface area contributed by atoms with Gasteiger partial charge in [0.1, 0.15) is 4.90 Å². The van der Waals surface area contributed by atoms with Crippen LogP contribution in [0.1, 0.15) is 46.3 Å². The van der Waals surface area contributed by atoms with Crippen molar-refractivity contribution in [3.8, 4) is 0 Å². The van der Waals surface area contributed by atoms with E-state index in [1.807, 2.05) is 17.0 Å². The van der Waals surface area contributed by atoms with Gasteiger partial charge in [0.25, 0.3) is 10.0 Å². The van der Waals surface area contributed by atoms with Gasteiger partial charge in [0.2, 0.25) is 0 Å². The second-order valence-electron chi connectivity index (χ2n) is 8.54. The molecule has 1 fully saturated rings. The van der Waals surface area contributed by atoms with E-state index in [-0.39, 0.29) is 17.3 Å². The number of fused-ring (bicyclic) bond motifs is 2. The number of carbonyl (C=O) groups excluding carboxylic acids is 2. The highest BCUT2D eigenvalue weighted by molar-refractivity contribution is 7.90. The number of ether oxygens (including phenoxy) is 1. The van der Waals surface area contributed by atoms with Crippen LogP contribution in [0.25, 0.3) is 0 Å². The van der Waals surface area contributed by atoms with Crippen molar-refractivity contribution in [2.45, 2.75) is 37.0 Å². The van der Waals surface area contributed by atoms with Crippen LogP contribution in [0, 0.1) is 5.92 Å². The van der Waals surface area contributed by atoms with Gasteiger partial charge in [0.05, 0.1) is 5.92 Å². The van der Waals surface area contributed by atoms with E-state index in [1.165, 1.54) is 11.1 Å². The first-order chi connectivity index (χ1) is 15.4. The maximum Gasteiger partial charge on any atom is 0.311 e. The van der Waals surface area contributed by atoms with Crippen molar-refractivity contribution in [2.24, 2.45) is 10.3 Å². The topological polar surface area (TPSA) is 93.1 Å². The lowest BCUT2D eigenvalue weighted by atomic mass is 9.97. The van der Waals surface area contributed by atoms with Crippen LogP contribution < -0.4 is 0 Å². The molecule has 2 aromatic carbocycles. The van der Waals surface area contributed by atoms with Gasteiger partial charge in [-0.2, -0.15) is 8.42 Å². The lowest BCUT2D eigenvalue weighted by Crippen LogP contribution is -2.43. The Balaban J connectivity index is 1.23. The number of amidine groups is 1. The molecule has 0 radical (unpaired) electrons. The molecule has 0 N–H and O–H groups in total. The van der Waals surface area contributed by atoms with Crippen LogP contribution >= 0.6 is 0 Å². The van der Waals surface area contributed by atoms with Gasteiger partial charge in [-0.3, -0.25) is 9.59 Å². The van der Waals surface area contributed by atoms with E-state index >= 15 is 0 Å². The van der Waals surface area contributed by atoms with E-state index in [0.29, 0.717) is 42.9 Å². The molecule has 1 aliphatic carbocycles. The van der Waals surface area contributed by atoms with Crippen molar-refractivity contribution >= 4 is 27.6 Å².